The molecule has 1 unspecified atom stereocenters. The molecule has 0 aliphatic heterocycles. The summed E-state index contributed by atoms with van der Waals surface area (Å²) in [6.45, 7) is 11.5. The highest BCUT2D eigenvalue weighted by Crippen LogP contribution is 2.33. The summed E-state index contributed by atoms with van der Waals surface area (Å²) in [6.07, 6.45) is 0.827. The molecule has 0 saturated heterocycles. The number of carbonyl (C=O) groups is 2. The molecule has 2 aromatic rings. The molecule has 1 atom stereocenters. The lowest BCUT2D eigenvalue weighted by Gasteiger charge is -2.31. The molecule has 0 radical (unpaired) electrons. The molecule has 0 fully saturated rings. The number of ether oxygens (including phenoxy) is 2. The minimum absolute atomic E-state index is 0.0113. The number of rotatable bonds is 11. The van der Waals surface area contributed by atoms with Crippen molar-refractivity contribution in [2.24, 2.45) is 0 Å². The zero-order valence-electron chi connectivity index (χ0n) is 20.2. The molecule has 2 rings (SSSR count). The molecule has 1 aromatic heterocycles. The standard InChI is InChI=1S/C23H33ClN4O4S/c1-13(2)28(14(3)4)9-8-15(5)25-22(30)18-12-33-23(26-18)27-21(29)16-10-19(31-6)20(32-7)11-17(16)24/h10-15H,8-9H2,1-7H3,(H,25,30)(H,26,27,29). The summed E-state index contributed by atoms with van der Waals surface area (Å²) < 4.78 is 10.4. The Bertz CT molecular complexity index is 956. The Morgan fingerprint density at radius 2 is 1.67 bits per heavy atom. The molecule has 1 heterocycles. The number of amides is 2. The Hall–Kier alpha value is -2.36. The SMILES string of the molecule is COc1cc(Cl)c(C(=O)Nc2nc(C(=O)NC(C)CCN(C(C)C)C(C)C)cs2)cc1OC. The van der Waals surface area contributed by atoms with Gasteiger partial charge in [-0.05, 0) is 47.1 Å². The van der Waals surface area contributed by atoms with Crippen LogP contribution in [0, 0.1) is 0 Å². The maximum absolute atomic E-state index is 12.7. The van der Waals surface area contributed by atoms with Gasteiger partial charge in [0.2, 0.25) is 0 Å². The molecule has 0 aliphatic rings. The molecular weight excluding hydrogens is 464 g/mol. The number of hydrogen-bond acceptors (Lipinski definition) is 7. The number of thiazole rings is 1. The van der Waals surface area contributed by atoms with Crippen molar-refractivity contribution in [3.63, 3.8) is 0 Å². The van der Waals surface area contributed by atoms with Gasteiger partial charge in [-0.25, -0.2) is 4.98 Å². The zero-order chi connectivity index (χ0) is 24.7. The van der Waals surface area contributed by atoms with Crippen LogP contribution < -0.4 is 20.1 Å². The van der Waals surface area contributed by atoms with Crippen molar-refractivity contribution in [2.45, 2.75) is 59.2 Å². The van der Waals surface area contributed by atoms with E-state index in [1.807, 2.05) is 6.92 Å². The molecular formula is C23H33ClN4O4S. The van der Waals surface area contributed by atoms with E-state index in [9.17, 15) is 9.59 Å². The minimum atomic E-state index is -0.460. The van der Waals surface area contributed by atoms with Gasteiger partial charge >= 0.3 is 0 Å². The highest BCUT2D eigenvalue weighted by Gasteiger charge is 2.20. The quantitative estimate of drug-likeness (QED) is 0.468. The average Bonchev–Trinajstić information content (AvgIpc) is 3.21. The lowest BCUT2D eigenvalue weighted by molar-refractivity contribution is 0.0925. The van der Waals surface area contributed by atoms with Gasteiger partial charge in [-0.15, -0.1) is 11.3 Å². The van der Waals surface area contributed by atoms with Crippen LogP contribution >= 0.6 is 22.9 Å². The van der Waals surface area contributed by atoms with Gasteiger partial charge in [0, 0.05) is 36.1 Å². The third-order valence-corrected chi connectivity index (χ3v) is 6.27. The van der Waals surface area contributed by atoms with E-state index < -0.39 is 5.91 Å². The minimum Gasteiger partial charge on any atom is -0.493 e. The first-order valence-electron chi connectivity index (χ1n) is 10.8. The van der Waals surface area contributed by atoms with Crippen LogP contribution in [0.3, 0.4) is 0 Å². The number of benzene rings is 1. The summed E-state index contributed by atoms with van der Waals surface area (Å²) in [5, 5.41) is 7.79. The van der Waals surface area contributed by atoms with Crippen molar-refractivity contribution >= 4 is 39.9 Å². The predicted molar refractivity (Wildman–Crippen MR) is 133 cm³/mol. The number of nitrogens with zero attached hydrogens (tertiary/aromatic N) is 2. The van der Waals surface area contributed by atoms with E-state index in [0.29, 0.717) is 28.7 Å². The van der Waals surface area contributed by atoms with Crippen molar-refractivity contribution < 1.29 is 19.1 Å². The van der Waals surface area contributed by atoms with E-state index in [0.717, 1.165) is 13.0 Å². The molecule has 0 saturated carbocycles. The number of aromatic nitrogens is 1. The van der Waals surface area contributed by atoms with Crippen molar-refractivity contribution in [3.05, 3.63) is 33.8 Å². The summed E-state index contributed by atoms with van der Waals surface area (Å²) in [5.74, 6) is 0.0714. The van der Waals surface area contributed by atoms with Crippen LogP contribution in [0.25, 0.3) is 0 Å². The van der Waals surface area contributed by atoms with E-state index in [4.69, 9.17) is 21.1 Å². The Labute approximate surface area is 204 Å². The highest BCUT2D eigenvalue weighted by atomic mass is 35.5. The Morgan fingerprint density at radius 1 is 1.06 bits per heavy atom. The number of carbonyl (C=O) groups excluding carboxylic acids is 2. The number of anilines is 1. The Balaban J connectivity index is 1.99. The van der Waals surface area contributed by atoms with Crippen LogP contribution in [0.5, 0.6) is 11.5 Å². The molecule has 10 heteroatoms. The summed E-state index contributed by atoms with van der Waals surface area (Å²) in [5.41, 5.74) is 0.467. The predicted octanol–water partition coefficient (Wildman–Crippen LogP) is 4.69. The van der Waals surface area contributed by atoms with Gasteiger partial charge in [0.25, 0.3) is 11.8 Å². The lowest BCUT2D eigenvalue weighted by atomic mass is 10.1. The fourth-order valence-electron chi connectivity index (χ4n) is 3.45. The van der Waals surface area contributed by atoms with Gasteiger partial charge in [0.15, 0.2) is 16.6 Å². The maximum Gasteiger partial charge on any atom is 0.271 e. The van der Waals surface area contributed by atoms with E-state index >= 15 is 0 Å². The van der Waals surface area contributed by atoms with E-state index in [1.54, 1.807) is 5.38 Å². The largest absolute Gasteiger partial charge is 0.493 e. The van der Waals surface area contributed by atoms with Gasteiger partial charge in [-0.3, -0.25) is 19.8 Å². The van der Waals surface area contributed by atoms with Crippen molar-refractivity contribution in [1.82, 2.24) is 15.2 Å². The second-order valence-corrected chi connectivity index (χ2v) is 9.53. The molecule has 1 aromatic carbocycles. The number of methoxy groups -OCH3 is 2. The molecule has 0 bridgehead atoms. The molecule has 182 valence electrons. The van der Waals surface area contributed by atoms with Crippen LogP contribution in [0.4, 0.5) is 5.13 Å². The van der Waals surface area contributed by atoms with Crippen molar-refractivity contribution in [2.75, 3.05) is 26.1 Å². The fraction of sp³-hybridized carbons (Fsp3) is 0.522. The molecule has 2 amide bonds. The van der Waals surface area contributed by atoms with Crippen LogP contribution in [0.1, 0.15) is 61.9 Å². The summed E-state index contributed by atoms with van der Waals surface area (Å²) in [4.78, 5) is 31.9. The summed E-state index contributed by atoms with van der Waals surface area (Å²) in [7, 11) is 2.96. The van der Waals surface area contributed by atoms with E-state index in [-0.39, 0.29) is 28.2 Å². The normalized spacial score (nSPS) is 12.2. The zero-order valence-corrected chi connectivity index (χ0v) is 21.8. The summed E-state index contributed by atoms with van der Waals surface area (Å²) in [6, 6.07) is 3.88. The number of halogens is 1. The number of hydrogen-bond donors (Lipinski definition) is 2. The summed E-state index contributed by atoms with van der Waals surface area (Å²) >= 11 is 7.39. The number of nitrogens with one attached hydrogen (secondary N) is 2. The first-order valence-corrected chi connectivity index (χ1v) is 12.1. The first kappa shape index (κ1) is 26.9. The van der Waals surface area contributed by atoms with E-state index in [1.165, 1.54) is 37.7 Å². The average molecular weight is 497 g/mol. The third-order valence-electron chi connectivity index (χ3n) is 5.20. The highest BCUT2D eigenvalue weighted by molar-refractivity contribution is 7.14. The van der Waals surface area contributed by atoms with Crippen LogP contribution in [0.15, 0.2) is 17.5 Å². The van der Waals surface area contributed by atoms with Crippen LogP contribution in [-0.2, 0) is 0 Å². The first-order chi connectivity index (χ1) is 15.6. The molecule has 33 heavy (non-hydrogen) atoms. The maximum atomic E-state index is 12.7. The van der Waals surface area contributed by atoms with Gasteiger partial charge in [-0.1, -0.05) is 11.6 Å². The molecule has 2 N–H and O–H groups in total. The fourth-order valence-corrected chi connectivity index (χ4v) is 4.38. The monoisotopic (exact) mass is 496 g/mol. The molecule has 8 nitrogen and oxygen atoms in total. The van der Waals surface area contributed by atoms with Crippen molar-refractivity contribution in [1.29, 1.82) is 0 Å². The van der Waals surface area contributed by atoms with Gasteiger partial charge in [-0.2, -0.15) is 0 Å². The second kappa shape index (κ2) is 12.2. The smallest absolute Gasteiger partial charge is 0.271 e. The van der Waals surface area contributed by atoms with Crippen LogP contribution in [-0.4, -0.2) is 60.6 Å². The lowest BCUT2D eigenvalue weighted by Crippen LogP contribution is -2.41. The van der Waals surface area contributed by atoms with Gasteiger partial charge in [0.05, 0.1) is 24.8 Å². The van der Waals surface area contributed by atoms with Crippen molar-refractivity contribution in [3.8, 4) is 11.5 Å². The molecule has 0 spiro atoms. The van der Waals surface area contributed by atoms with E-state index in [2.05, 4.69) is 48.2 Å². The molecule has 0 aliphatic carbocycles. The Kier molecular flexibility index (Phi) is 9.94. The topological polar surface area (TPSA) is 92.8 Å². The third kappa shape index (κ3) is 7.31. The van der Waals surface area contributed by atoms with Gasteiger partial charge in [0.1, 0.15) is 5.69 Å². The second-order valence-electron chi connectivity index (χ2n) is 8.27. The van der Waals surface area contributed by atoms with Crippen LogP contribution in [0.2, 0.25) is 5.02 Å². The van der Waals surface area contributed by atoms with Gasteiger partial charge < -0.3 is 14.8 Å². The Morgan fingerprint density at radius 3 is 2.24 bits per heavy atom.